The molecule has 164 valence electrons. The molecule has 3 rings (SSSR count). The number of halogens is 1. The van der Waals surface area contributed by atoms with E-state index in [0.717, 1.165) is 23.3 Å². The smallest absolute Gasteiger partial charge is 0.243 e. The first-order chi connectivity index (χ1) is 14.9. The maximum absolute atomic E-state index is 12.8. The number of anilines is 1. The van der Waals surface area contributed by atoms with Gasteiger partial charge in [-0.2, -0.15) is 5.10 Å². The molecule has 0 saturated carbocycles. The Morgan fingerprint density at radius 1 is 1.23 bits per heavy atom. The zero-order valence-corrected chi connectivity index (χ0v) is 17.9. The molecule has 0 saturated heterocycles. The second-order valence-electron chi connectivity index (χ2n) is 7.24. The van der Waals surface area contributed by atoms with Gasteiger partial charge in [0.05, 0.1) is 19.4 Å². The Hall–Kier alpha value is -3.42. The van der Waals surface area contributed by atoms with Gasteiger partial charge in [-0.1, -0.05) is 19.1 Å². The maximum atomic E-state index is 12.8. The van der Waals surface area contributed by atoms with Crippen LogP contribution in [0.5, 0.6) is 11.5 Å². The number of hydrogen-bond acceptors (Lipinski definition) is 5. The van der Waals surface area contributed by atoms with Crippen molar-refractivity contribution >= 4 is 23.2 Å². The molecule has 0 spiro atoms. The predicted octanol–water partition coefficient (Wildman–Crippen LogP) is 4.12. The van der Waals surface area contributed by atoms with Gasteiger partial charge in [0.25, 0.3) is 0 Å². The molecule has 2 aromatic rings. The Labute approximate surface area is 180 Å². The predicted molar refractivity (Wildman–Crippen MR) is 116 cm³/mol. The van der Waals surface area contributed by atoms with Crippen LogP contribution in [0, 0.1) is 5.92 Å². The molecule has 31 heavy (non-hydrogen) atoms. The summed E-state index contributed by atoms with van der Waals surface area (Å²) in [6.45, 7) is 2.79. The fourth-order valence-corrected chi connectivity index (χ4v) is 3.51. The molecule has 0 bridgehead atoms. The Kier molecular flexibility index (Phi) is 7.23. The molecule has 0 aromatic heterocycles. The van der Waals surface area contributed by atoms with Gasteiger partial charge in [-0.3, -0.25) is 9.59 Å². The van der Waals surface area contributed by atoms with Gasteiger partial charge in [0, 0.05) is 30.5 Å². The minimum Gasteiger partial charge on any atom is -0.493 e. The quantitative estimate of drug-likeness (QED) is 0.687. The van der Waals surface area contributed by atoms with Crippen LogP contribution in [0.4, 0.5) is 10.1 Å². The van der Waals surface area contributed by atoms with Crippen LogP contribution >= 0.6 is 0 Å². The fourth-order valence-electron chi connectivity index (χ4n) is 3.51. The Balaban J connectivity index is 1.88. The summed E-state index contributed by atoms with van der Waals surface area (Å²) in [5.41, 5.74) is 3.09. The fraction of sp³-hybridized carbons (Fsp3) is 0.348. The van der Waals surface area contributed by atoms with E-state index in [9.17, 15) is 14.0 Å². The topological polar surface area (TPSA) is 80.2 Å². The Morgan fingerprint density at radius 3 is 2.58 bits per heavy atom. The number of alkyl halides is 1. The second kappa shape index (κ2) is 10.1. The van der Waals surface area contributed by atoms with Crippen molar-refractivity contribution < 1.29 is 23.5 Å². The number of nitrogens with one attached hydrogen (secondary N) is 1. The van der Waals surface area contributed by atoms with Crippen LogP contribution in [0.2, 0.25) is 0 Å². The van der Waals surface area contributed by atoms with Gasteiger partial charge in [0.2, 0.25) is 18.7 Å². The average molecular weight is 427 g/mol. The minimum atomic E-state index is -0.970. The molecular formula is C23H26FN3O4. The lowest BCUT2D eigenvalue weighted by atomic mass is 9.89. The molecule has 0 radical (unpaired) electrons. The first kappa shape index (κ1) is 22.3. The molecule has 1 unspecified atom stereocenters. The normalized spacial score (nSPS) is 16.0. The van der Waals surface area contributed by atoms with Crippen molar-refractivity contribution in [1.29, 1.82) is 0 Å². The van der Waals surface area contributed by atoms with E-state index in [2.05, 4.69) is 10.4 Å². The van der Waals surface area contributed by atoms with Gasteiger partial charge in [-0.25, -0.2) is 9.40 Å². The molecule has 0 fully saturated rings. The van der Waals surface area contributed by atoms with Crippen LogP contribution in [0.1, 0.15) is 37.8 Å². The molecule has 1 aliphatic rings. The summed E-state index contributed by atoms with van der Waals surface area (Å²) in [5.74, 6) is 0.470. The number of amides is 2. The molecule has 8 heteroatoms. The summed E-state index contributed by atoms with van der Waals surface area (Å²) in [6, 6.07) is 12.5. The highest BCUT2D eigenvalue weighted by atomic mass is 19.1. The van der Waals surface area contributed by atoms with Crippen LogP contribution < -0.4 is 14.8 Å². The van der Waals surface area contributed by atoms with Crippen LogP contribution in [0.25, 0.3) is 0 Å². The van der Waals surface area contributed by atoms with E-state index in [0.29, 0.717) is 24.4 Å². The maximum Gasteiger partial charge on any atom is 0.243 e. The third-order valence-electron chi connectivity index (χ3n) is 5.09. The third-order valence-corrected chi connectivity index (χ3v) is 5.09. The zero-order valence-electron chi connectivity index (χ0n) is 17.9. The highest BCUT2D eigenvalue weighted by molar-refractivity contribution is 6.06. The van der Waals surface area contributed by atoms with Crippen LogP contribution in [-0.2, 0) is 16.1 Å². The standard InChI is InChI=1S/C23H26FN3O4/c1-4-17-12-22(29)27(13-16-5-8-19(9-6-16)25-15(2)28)26-23(17)18-7-10-20(30-3)21(11-18)31-14-24/h5-11,17H,4,12-14H2,1-3H3,(H,25,28). The number of rotatable bonds is 8. The largest absolute Gasteiger partial charge is 0.493 e. The van der Waals surface area contributed by atoms with Crippen LogP contribution in [0.3, 0.4) is 0 Å². The van der Waals surface area contributed by atoms with Crippen molar-refractivity contribution in [2.75, 3.05) is 19.3 Å². The van der Waals surface area contributed by atoms with Crippen molar-refractivity contribution in [2.45, 2.75) is 33.2 Å². The minimum absolute atomic E-state index is 0.0440. The molecule has 2 aromatic carbocycles. The lowest BCUT2D eigenvalue weighted by Gasteiger charge is -2.29. The lowest BCUT2D eigenvalue weighted by Crippen LogP contribution is -2.36. The van der Waals surface area contributed by atoms with Crippen LogP contribution in [0.15, 0.2) is 47.6 Å². The van der Waals surface area contributed by atoms with Gasteiger partial charge in [-0.05, 0) is 42.3 Å². The monoisotopic (exact) mass is 427 g/mol. The third kappa shape index (κ3) is 5.39. The number of methoxy groups -OCH3 is 1. The van der Waals surface area contributed by atoms with Gasteiger partial charge in [-0.15, -0.1) is 0 Å². The molecule has 7 nitrogen and oxygen atoms in total. The first-order valence-corrected chi connectivity index (χ1v) is 10.1. The highest BCUT2D eigenvalue weighted by Gasteiger charge is 2.29. The van der Waals surface area contributed by atoms with Crippen molar-refractivity contribution in [3.8, 4) is 11.5 Å². The molecule has 1 heterocycles. The van der Waals surface area contributed by atoms with E-state index in [1.54, 1.807) is 24.3 Å². The summed E-state index contributed by atoms with van der Waals surface area (Å²) in [5, 5.41) is 8.82. The van der Waals surface area contributed by atoms with Gasteiger partial charge in [0.1, 0.15) is 0 Å². The number of ether oxygens (including phenoxy) is 2. The van der Waals surface area contributed by atoms with E-state index in [-0.39, 0.29) is 23.5 Å². The summed E-state index contributed by atoms with van der Waals surface area (Å²) in [7, 11) is 1.49. The summed E-state index contributed by atoms with van der Waals surface area (Å²) in [6.07, 6.45) is 1.08. The van der Waals surface area contributed by atoms with Crippen molar-refractivity contribution in [2.24, 2.45) is 11.0 Å². The number of nitrogens with zero attached hydrogens (tertiary/aromatic N) is 2. The molecule has 1 aliphatic heterocycles. The summed E-state index contributed by atoms with van der Waals surface area (Å²) < 4.78 is 23.1. The highest BCUT2D eigenvalue weighted by Crippen LogP contribution is 2.32. The van der Waals surface area contributed by atoms with E-state index < -0.39 is 6.86 Å². The number of carbonyl (C=O) groups excluding carboxylic acids is 2. The molecule has 1 N–H and O–H groups in total. The van der Waals surface area contributed by atoms with Gasteiger partial charge < -0.3 is 14.8 Å². The summed E-state index contributed by atoms with van der Waals surface area (Å²) >= 11 is 0. The number of carbonyl (C=O) groups is 2. The molecule has 2 amide bonds. The SMILES string of the molecule is CCC1CC(=O)N(Cc2ccc(NC(C)=O)cc2)N=C1c1ccc(OC)c(OCF)c1. The van der Waals surface area contributed by atoms with Crippen LogP contribution in [-0.4, -0.2) is 36.5 Å². The van der Waals surface area contributed by atoms with E-state index >= 15 is 0 Å². The number of hydrogen-bond donors (Lipinski definition) is 1. The number of hydrazone groups is 1. The van der Waals surface area contributed by atoms with Crippen molar-refractivity contribution in [3.63, 3.8) is 0 Å². The Bertz CT molecular complexity index is 975. The van der Waals surface area contributed by atoms with E-state index in [1.807, 2.05) is 25.1 Å². The number of benzene rings is 2. The molecule has 1 atom stereocenters. The summed E-state index contributed by atoms with van der Waals surface area (Å²) in [4.78, 5) is 23.9. The van der Waals surface area contributed by atoms with E-state index in [1.165, 1.54) is 19.0 Å². The lowest BCUT2D eigenvalue weighted by molar-refractivity contribution is -0.133. The van der Waals surface area contributed by atoms with Gasteiger partial charge in [0.15, 0.2) is 11.5 Å². The van der Waals surface area contributed by atoms with Crippen molar-refractivity contribution in [1.82, 2.24) is 5.01 Å². The molecular weight excluding hydrogens is 401 g/mol. The van der Waals surface area contributed by atoms with Crippen molar-refractivity contribution in [3.05, 3.63) is 53.6 Å². The first-order valence-electron chi connectivity index (χ1n) is 10.1. The van der Waals surface area contributed by atoms with E-state index in [4.69, 9.17) is 9.47 Å². The van der Waals surface area contributed by atoms with Gasteiger partial charge >= 0.3 is 0 Å². The average Bonchev–Trinajstić information content (AvgIpc) is 2.76. The zero-order chi connectivity index (χ0) is 22.4. The Morgan fingerprint density at radius 2 is 1.97 bits per heavy atom. The second-order valence-corrected chi connectivity index (χ2v) is 7.24. The molecule has 0 aliphatic carbocycles.